The van der Waals surface area contributed by atoms with Crippen molar-refractivity contribution in [2.75, 3.05) is 17.5 Å². The molecule has 0 radical (unpaired) electrons. The Labute approximate surface area is 143 Å². The molecule has 2 unspecified atom stereocenters. The van der Waals surface area contributed by atoms with E-state index in [1.807, 2.05) is 49.4 Å². The van der Waals surface area contributed by atoms with Crippen molar-refractivity contribution in [3.63, 3.8) is 0 Å². The zero-order valence-electron chi connectivity index (χ0n) is 13.9. The maximum Gasteiger partial charge on any atom is 0.229 e. The molecule has 0 aliphatic carbocycles. The first-order chi connectivity index (χ1) is 11.3. The van der Waals surface area contributed by atoms with Crippen LogP contribution >= 0.6 is 0 Å². The summed E-state index contributed by atoms with van der Waals surface area (Å²) < 4.78 is 24.8. The molecule has 24 heavy (non-hydrogen) atoms. The van der Waals surface area contributed by atoms with E-state index in [4.69, 9.17) is 0 Å². The number of sulfonamides is 1. The number of benzene rings is 2. The SMILES string of the molecule is CC(NCC(O)Cc1ccccc1)c1ccc(NS(C)(=O)=O)cc1. The summed E-state index contributed by atoms with van der Waals surface area (Å²) in [5, 5.41) is 13.4. The third kappa shape index (κ3) is 6.31. The van der Waals surface area contributed by atoms with Crippen LogP contribution in [0.15, 0.2) is 54.6 Å². The lowest BCUT2D eigenvalue weighted by Gasteiger charge is -2.18. The molecule has 2 aromatic carbocycles. The van der Waals surface area contributed by atoms with Crippen LogP contribution in [0.5, 0.6) is 0 Å². The van der Waals surface area contributed by atoms with Gasteiger partial charge in [0.05, 0.1) is 12.4 Å². The molecule has 0 fully saturated rings. The maximum atomic E-state index is 11.2. The van der Waals surface area contributed by atoms with Gasteiger partial charge in [-0.05, 0) is 36.6 Å². The van der Waals surface area contributed by atoms with Crippen LogP contribution in [0.1, 0.15) is 24.1 Å². The molecule has 0 spiro atoms. The quantitative estimate of drug-likeness (QED) is 0.684. The summed E-state index contributed by atoms with van der Waals surface area (Å²) in [4.78, 5) is 0. The molecule has 0 saturated carbocycles. The average molecular weight is 348 g/mol. The second-order valence-corrected chi connectivity index (χ2v) is 7.72. The molecule has 2 aromatic rings. The van der Waals surface area contributed by atoms with Crippen molar-refractivity contribution < 1.29 is 13.5 Å². The number of rotatable bonds is 8. The average Bonchev–Trinajstić information content (AvgIpc) is 2.53. The van der Waals surface area contributed by atoms with Crippen LogP contribution in [0.2, 0.25) is 0 Å². The molecule has 0 bridgehead atoms. The van der Waals surface area contributed by atoms with Gasteiger partial charge in [-0.1, -0.05) is 42.5 Å². The van der Waals surface area contributed by atoms with Crippen LogP contribution in [0.25, 0.3) is 0 Å². The Morgan fingerprint density at radius 2 is 1.67 bits per heavy atom. The standard InChI is InChI=1S/C18H24N2O3S/c1-14(16-8-10-17(11-9-16)20-24(2,22)23)19-13-18(21)12-15-6-4-3-5-7-15/h3-11,14,18-21H,12-13H2,1-2H3. The van der Waals surface area contributed by atoms with Crippen molar-refractivity contribution in [1.82, 2.24) is 5.32 Å². The monoisotopic (exact) mass is 348 g/mol. The first-order valence-electron chi connectivity index (χ1n) is 7.86. The lowest BCUT2D eigenvalue weighted by Crippen LogP contribution is -2.30. The van der Waals surface area contributed by atoms with E-state index >= 15 is 0 Å². The second-order valence-electron chi connectivity index (χ2n) is 5.97. The molecule has 5 nitrogen and oxygen atoms in total. The molecule has 130 valence electrons. The maximum absolute atomic E-state index is 11.2. The van der Waals surface area contributed by atoms with Gasteiger partial charge in [-0.15, -0.1) is 0 Å². The summed E-state index contributed by atoms with van der Waals surface area (Å²) in [6.45, 7) is 2.49. The molecule has 2 atom stereocenters. The van der Waals surface area contributed by atoms with Crippen molar-refractivity contribution in [3.05, 3.63) is 65.7 Å². The van der Waals surface area contributed by atoms with Crippen molar-refractivity contribution in [2.24, 2.45) is 0 Å². The predicted molar refractivity (Wildman–Crippen MR) is 97.5 cm³/mol. The van der Waals surface area contributed by atoms with Crippen molar-refractivity contribution in [1.29, 1.82) is 0 Å². The van der Waals surface area contributed by atoms with E-state index in [9.17, 15) is 13.5 Å². The number of anilines is 1. The highest BCUT2D eigenvalue weighted by atomic mass is 32.2. The highest BCUT2D eigenvalue weighted by Gasteiger charge is 2.10. The summed E-state index contributed by atoms with van der Waals surface area (Å²) in [7, 11) is -3.26. The van der Waals surface area contributed by atoms with Gasteiger partial charge in [0.15, 0.2) is 0 Å². The van der Waals surface area contributed by atoms with Gasteiger partial charge in [-0.3, -0.25) is 4.72 Å². The number of aliphatic hydroxyl groups excluding tert-OH is 1. The molecule has 3 N–H and O–H groups in total. The molecule has 0 aromatic heterocycles. The second kappa shape index (κ2) is 8.28. The fourth-order valence-corrected chi connectivity index (χ4v) is 3.01. The Morgan fingerprint density at radius 1 is 1.04 bits per heavy atom. The lowest BCUT2D eigenvalue weighted by molar-refractivity contribution is 0.168. The molecule has 0 aliphatic rings. The zero-order valence-corrected chi connectivity index (χ0v) is 14.8. The highest BCUT2D eigenvalue weighted by molar-refractivity contribution is 7.92. The summed E-state index contributed by atoms with van der Waals surface area (Å²) in [6.07, 6.45) is 1.28. The van der Waals surface area contributed by atoms with Gasteiger partial charge in [0.25, 0.3) is 0 Å². The van der Waals surface area contributed by atoms with E-state index in [0.29, 0.717) is 18.7 Å². The third-order valence-corrected chi connectivity index (χ3v) is 4.29. The highest BCUT2D eigenvalue weighted by Crippen LogP contribution is 2.17. The Hall–Kier alpha value is -1.89. The van der Waals surface area contributed by atoms with Crippen molar-refractivity contribution in [3.8, 4) is 0 Å². The minimum atomic E-state index is -3.26. The Balaban J connectivity index is 1.84. The number of aliphatic hydroxyl groups is 1. The van der Waals surface area contributed by atoms with Gasteiger partial charge in [0.1, 0.15) is 0 Å². The van der Waals surface area contributed by atoms with E-state index < -0.39 is 16.1 Å². The molecule has 0 saturated heterocycles. The van der Waals surface area contributed by atoms with Gasteiger partial charge in [0.2, 0.25) is 10.0 Å². The molecule has 0 amide bonds. The molecular formula is C18H24N2O3S. The van der Waals surface area contributed by atoms with Crippen LogP contribution < -0.4 is 10.0 Å². The van der Waals surface area contributed by atoms with Crippen LogP contribution in [0.3, 0.4) is 0 Å². The number of hydrogen-bond acceptors (Lipinski definition) is 4. The summed E-state index contributed by atoms with van der Waals surface area (Å²) in [6, 6.07) is 17.1. The van der Waals surface area contributed by atoms with Crippen LogP contribution in [0.4, 0.5) is 5.69 Å². The van der Waals surface area contributed by atoms with Crippen molar-refractivity contribution in [2.45, 2.75) is 25.5 Å². The van der Waals surface area contributed by atoms with Gasteiger partial charge >= 0.3 is 0 Å². The summed E-state index contributed by atoms with van der Waals surface area (Å²) in [5.74, 6) is 0. The zero-order chi connectivity index (χ0) is 17.6. The normalized spacial score (nSPS) is 14.1. The van der Waals surface area contributed by atoms with E-state index in [0.717, 1.165) is 17.4 Å². The van der Waals surface area contributed by atoms with Crippen LogP contribution in [-0.2, 0) is 16.4 Å². The number of nitrogens with one attached hydrogen (secondary N) is 2. The first kappa shape index (κ1) is 18.4. The van der Waals surface area contributed by atoms with Gasteiger partial charge in [-0.2, -0.15) is 0 Å². The third-order valence-electron chi connectivity index (χ3n) is 3.69. The topological polar surface area (TPSA) is 78.4 Å². The Bertz CT molecular complexity index is 731. The lowest BCUT2D eigenvalue weighted by atomic mass is 10.1. The Kier molecular flexibility index (Phi) is 6.36. The van der Waals surface area contributed by atoms with Crippen LogP contribution in [0, 0.1) is 0 Å². The van der Waals surface area contributed by atoms with Gasteiger partial charge in [0, 0.05) is 18.3 Å². The molecule has 2 rings (SSSR count). The van der Waals surface area contributed by atoms with Crippen molar-refractivity contribution >= 4 is 15.7 Å². The smallest absolute Gasteiger partial charge is 0.229 e. The van der Waals surface area contributed by atoms with E-state index in [1.165, 1.54) is 0 Å². The summed E-state index contributed by atoms with van der Waals surface area (Å²) >= 11 is 0. The first-order valence-corrected chi connectivity index (χ1v) is 9.76. The minimum Gasteiger partial charge on any atom is -0.391 e. The number of hydrogen-bond donors (Lipinski definition) is 3. The van der Waals surface area contributed by atoms with E-state index in [2.05, 4.69) is 10.0 Å². The van der Waals surface area contributed by atoms with Gasteiger partial charge in [-0.25, -0.2) is 8.42 Å². The Morgan fingerprint density at radius 3 is 2.25 bits per heavy atom. The molecular weight excluding hydrogens is 324 g/mol. The fraction of sp³-hybridized carbons (Fsp3) is 0.333. The minimum absolute atomic E-state index is 0.0581. The molecule has 6 heteroatoms. The van der Waals surface area contributed by atoms with Gasteiger partial charge < -0.3 is 10.4 Å². The molecule has 0 aliphatic heterocycles. The van der Waals surface area contributed by atoms with E-state index in [1.54, 1.807) is 12.1 Å². The fourth-order valence-electron chi connectivity index (χ4n) is 2.44. The molecule has 0 heterocycles. The summed E-state index contributed by atoms with van der Waals surface area (Å²) in [5.41, 5.74) is 2.68. The predicted octanol–water partition coefficient (Wildman–Crippen LogP) is 2.31. The van der Waals surface area contributed by atoms with E-state index in [-0.39, 0.29) is 6.04 Å². The largest absolute Gasteiger partial charge is 0.391 e. The van der Waals surface area contributed by atoms with Crippen LogP contribution in [-0.4, -0.2) is 32.4 Å².